The lowest BCUT2D eigenvalue weighted by Gasteiger charge is -2.02. The molecule has 2 rings (SSSR count). The number of fused-ring (bicyclic) bond motifs is 1. The number of rotatable bonds is 16. The number of thiol groups is 1. The quantitative estimate of drug-likeness (QED) is 0.212. The zero-order valence-corrected chi connectivity index (χ0v) is 19.5. The van der Waals surface area contributed by atoms with E-state index in [2.05, 4.69) is 42.8 Å². The summed E-state index contributed by atoms with van der Waals surface area (Å²) in [4.78, 5) is 5.65. The average Bonchev–Trinajstić information content (AvgIpc) is 3.12. The largest absolute Gasteiger partial charge is 0.236 e. The van der Waals surface area contributed by atoms with Crippen LogP contribution >= 0.6 is 24.0 Å². The molecule has 2 aromatic rings. The fraction of sp³-hybridized carbons (Fsp3) is 0.640. The Morgan fingerprint density at radius 3 is 1.96 bits per heavy atom. The van der Waals surface area contributed by atoms with E-state index < -0.39 is 0 Å². The van der Waals surface area contributed by atoms with E-state index in [-0.39, 0.29) is 0 Å². The number of hydrogen-bond acceptors (Lipinski definition) is 3. The number of thiazole rings is 1. The highest BCUT2D eigenvalue weighted by atomic mass is 32.1. The topological polar surface area (TPSA) is 12.9 Å². The molecule has 0 spiro atoms. The van der Waals surface area contributed by atoms with Gasteiger partial charge in [-0.1, -0.05) is 103 Å². The molecule has 1 heterocycles. The third-order valence-corrected chi connectivity index (χ3v) is 6.75. The second-order valence-electron chi connectivity index (χ2n) is 7.96. The van der Waals surface area contributed by atoms with Crippen molar-refractivity contribution in [1.82, 2.24) is 4.98 Å². The van der Waals surface area contributed by atoms with Gasteiger partial charge < -0.3 is 0 Å². The van der Waals surface area contributed by atoms with Crippen LogP contribution in [-0.2, 0) is 0 Å². The summed E-state index contributed by atoms with van der Waals surface area (Å²) in [5.41, 5.74) is 1.03. The first-order chi connectivity index (χ1) is 13.8. The first kappa shape index (κ1) is 23.5. The maximum absolute atomic E-state index is 4.67. The van der Waals surface area contributed by atoms with Crippen LogP contribution < -0.4 is 0 Å². The zero-order chi connectivity index (χ0) is 19.9. The van der Waals surface area contributed by atoms with Gasteiger partial charge in [-0.25, -0.2) is 4.98 Å². The van der Waals surface area contributed by atoms with Crippen LogP contribution in [0.3, 0.4) is 0 Å². The van der Waals surface area contributed by atoms with Crippen molar-refractivity contribution >= 4 is 40.3 Å². The molecule has 0 N–H and O–H groups in total. The minimum atomic E-state index is 0.973. The maximum atomic E-state index is 4.67. The van der Waals surface area contributed by atoms with Gasteiger partial charge in [-0.15, -0.1) is 24.0 Å². The van der Waals surface area contributed by atoms with Crippen molar-refractivity contribution in [2.45, 2.75) is 108 Å². The molecule has 1 aromatic heterocycles. The van der Waals surface area contributed by atoms with Crippen LogP contribution in [0.2, 0.25) is 0 Å². The predicted molar refractivity (Wildman–Crippen MR) is 131 cm³/mol. The van der Waals surface area contributed by atoms with Gasteiger partial charge in [-0.2, -0.15) is 0 Å². The molecule has 0 saturated carbocycles. The van der Waals surface area contributed by atoms with Gasteiger partial charge in [0.15, 0.2) is 0 Å². The summed E-state index contributed by atoms with van der Waals surface area (Å²) in [6.07, 6.45) is 25.5. The summed E-state index contributed by atoms with van der Waals surface area (Å²) >= 11 is 6.24. The molecule has 0 aliphatic rings. The lowest BCUT2D eigenvalue weighted by atomic mass is 10.0. The molecule has 1 nitrogen and oxygen atoms in total. The number of nitrogens with zero attached hydrogens (tertiary/aromatic N) is 1. The van der Waals surface area contributed by atoms with Crippen LogP contribution in [0.4, 0.5) is 0 Å². The van der Waals surface area contributed by atoms with E-state index in [1.165, 1.54) is 101 Å². The Hall–Kier alpha value is -0.800. The van der Waals surface area contributed by atoms with E-state index in [9.17, 15) is 0 Å². The van der Waals surface area contributed by atoms with Gasteiger partial charge in [-0.3, -0.25) is 0 Å². The van der Waals surface area contributed by atoms with Gasteiger partial charge in [-0.05, 0) is 31.1 Å². The van der Waals surface area contributed by atoms with E-state index in [0.717, 1.165) is 15.4 Å². The smallest absolute Gasteiger partial charge is 0.117 e. The van der Waals surface area contributed by atoms with Crippen molar-refractivity contribution in [2.75, 3.05) is 0 Å². The van der Waals surface area contributed by atoms with E-state index in [0.29, 0.717) is 0 Å². The third-order valence-electron chi connectivity index (χ3n) is 5.40. The van der Waals surface area contributed by atoms with Crippen molar-refractivity contribution in [3.05, 3.63) is 29.3 Å². The molecule has 0 unspecified atom stereocenters. The fourth-order valence-electron chi connectivity index (χ4n) is 3.66. The van der Waals surface area contributed by atoms with Crippen molar-refractivity contribution in [3.8, 4) is 0 Å². The standard InChI is InChI=1S/C25H39NS2/c1-2-3-4-5-6-7-8-9-10-11-12-13-14-15-16-17-21-24-26-25-22(27)19-18-20-23(25)28-24/h17-21,27H,2-16H2,1H3. The number of aromatic nitrogens is 1. The molecule has 0 bridgehead atoms. The molecular weight excluding hydrogens is 378 g/mol. The summed E-state index contributed by atoms with van der Waals surface area (Å²) in [5.74, 6) is 0. The summed E-state index contributed by atoms with van der Waals surface area (Å²) in [6.45, 7) is 2.29. The Bertz CT molecular complexity index is 674. The minimum Gasteiger partial charge on any atom is -0.236 e. The Labute approximate surface area is 182 Å². The molecule has 0 aliphatic carbocycles. The highest BCUT2D eigenvalue weighted by molar-refractivity contribution is 7.80. The third kappa shape index (κ3) is 9.60. The summed E-state index contributed by atoms with van der Waals surface area (Å²) in [7, 11) is 0. The molecule has 1 aromatic carbocycles. The first-order valence-corrected chi connectivity index (χ1v) is 12.8. The van der Waals surface area contributed by atoms with Gasteiger partial charge in [0.2, 0.25) is 0 Å². The van der Waals surface area contributed by atoms with Crippen molar-refractivity contribution in [1.29, 1.82) is 0 Å². The number of allylic oxidation sites excluding steroid dienone is 1. The van der Waals surface area contributed by atoms with Crippen LogP contribution in [0.5, 0.6) is 0 Å². The second kappa shape index (κ2) is 15.1. The predicted octanol–water partition coefficient (Wildman–Crippen LogP) is 9.47. The number of para-hydroxylation sites is 1. The Morgan fingerprint density at radius 2 is 1.39 bits per heavy atom. The Morgan fingerprint density at radius 1 is 0.821 bits per heavy atom. The van der Waals surface area contributed by atoms with Crippen LogP contribution in [0.15, 0.2) is 29.2 Å². The van der Waals surface area contributed by atoms with Crippen LogP contribution in [0.1, 0.15) is 108 Å². The van der Waals surface area contributed by atoms with Crippen LogP contribution in [-0.4, -0.2) is 4.98 Å². The van der Waals surface area contributed by atoms with Gasteiger partial charge in [0, 0.05) is 4.90 Å². The molecule has 0 fully saturated rings. The normalized spacial score (nSPS) is 11.8. The van der Waals surface area contributed by atoms with Crippen molar-refractivity contribution in [2.24, 2.45) is 0 Å². The van der Waals surface area contributed by atoms with E-state index in [1.54, 1.807) is 11.3 Å². The van der Waals surface area contributed by atoms with Gasteiger partial charge in [0.05, 0.1) is 10.2 Å². The zero-order valence-electron chi connectivity index (χ0n) is 17.8. The molecule has 0 amide bonds. The summed E-state index contributed by atoms with van der Waals surface area (Å²) in [6, 6.07) is 6.18. The lowest BCUT2D eigenvalue weighted by molar-refractivity contribution is 0.536. The molecule has 0 atom stereocenters. The van der Waals surface area contributed by atoms with Crippen molar-refractivity contribution in [3.63, 3.8) is 0 Å². The fourth-order valence-corrected chi connectivity index (χ4v) is 4.92. The monoisotopic (exact) mass is 417 g/mol. The maximum Gasteiger partial charge on any atom is 0.117 e. The highest BCUT2D eigenvalue weighted by Gasteiger charge is 2.03. The van der Waals surface area contributed by atoms with Crippen LogP contribution in [0.25, 0.3) is 16.3 Å². The number of unbranched alkanes of at least 4 members (excludes halogenated alkanes) is 14. The first-order valence-electron chi connectivity index (χ1n) is 11.6. The van der Waals surface area contributed by atoms with Crippen LogP contribution in [0, 0.1) is 0 Å². The number of benzene rings is 1. The van der Waals surface area contributed by atoms with E-state index in [1.807, 2.05) is 12.1 Å². The molecule has 156 valence electrons. The van der Waals surface area contributed by atoms with E-state index in [4.69, 9.17) is 0 Å². The van der Waals surface area contributed by atoms with Gasteiger partial charge in [0.25, 0.3) is 0 Å². The lowest BCUT2D eigenvalue weighted by Crippen LogP contribution is -1.83. The van der Waals surface area contributed by atoms with Gasteiger partial charge in [0.1, 0.15) is 5.01 Å². The Kier molecular flexibility index (Phi) is 12.7. The Balaban J connectivity index is 1.40. The van der Waals surface area contributed by atoms with E-state index >= 15 is 0 Å². The van der Waals surface area contributed by atoms with Gasteiger partial charge >= 0.3 is 0 Å². The highest BCUT2D eigenvalue weighted by Crippen LogP contribution is 2.27. The van der Waals surface area contributed by atoms with Crippen molar-refractivity contribution < 1.29 is 0 Å². The molecule has 28 heavy (non-hydrogen) atoms. The number of hydrogen-bond donors (Lipinski definition) is 1. The molecular formula is C25H39NS2. The summed E-state index contributed by atoms with van der Waals surface area (Å²) < 4.78 is 1.23. The molecule has 0 radical (unpaired) electrons. The minimum absolute atomic E-state index is 0.973. The molecule has 3 heteroatoms. The molecule has 0 aliphatic heterocycles. The second-order valence-corrected chi connectivity index (χ2v) is 9.51. The molecule has 0 saturated heterocycles. The average molecular weight is 418 g/mol. The SMILES string of the molecule is CCCCCCCCCCCCCCCCC=Cc1nc2c(S)cccc2s1. The summed E-state index contributed by atoms with van der Waals surface area (Å²) in [5, 5.41) is 1.10.